The molecule has 0 aromatic carbocycles. The van der Waals surface area contributed by atoms with Gasteiger partial charge in [-0.2, -0.15) is 12.7 Å². The van der Waals surface area contributed by atoms with Gasteiger partial charge < -0.3 is 9.90 Å². The molecule has 1 N–H and O–H groups in total. The molecule has 0 aromatic heterocycles. The highest BCUT2D eigenvalue weighted by molar-refractivity contribution is 7.82. The molecule has 0 rings (SSSR count). The lowest BCUT2D eigenvalue weighted by Gasteiger charge is -2.22. The van der Waals surface area contributed by atoms with Gasteiger partial charge in [0.25, 0.3) is 0 Å². The third-order valence-corrected chi connectivity index (χ3v) is 4.10. The highest BCUT2D eigenvalue weighted by Crippen LogP contribution is 1.91. The van der Waals surface area contributed by atoms with Crippen LogP contribution in [0.5, 0.6) is 0 Å². The zero-order valence-corrected chi connectivity index (χ0v) is 9.43. The SMILES string of the molecule is CCN(CC)S(=O)(=O)[NH+](C)CC(=O)[O-]. The summed E-state index contributed by atoms with van der Waals surface area (Å²) in [5, 5.41) is 10.2. The molecule has 0 aliphatic rings. The minimum absolute atomic E-state index is 0.0822. The molecule has 0 saturated carbocycles. The van der Waals surface area contributed by atoms with Crippen molar-refractivity contribution in [3.05, 3.63) is 0 Å². The van der Waals surface area contributed by atoms with Crippen LogP contribution in [0.4, 0.5) is 0 Å². The van der Waals surface area contributed by atoms with Gasteiger partial charge in [-0.05, 0) is 0 Å². The number of hydrogen-bond donors (Lipinski definition) is 1. The van der Waals surface area contributed by atoms with Crippen molar-refractivity contribution in [2.24, 2.45) is 0 Å². The Balaban J connectivity index is 4.67. The van der Waals surface area contributed by atoms with E-state index in [1.54, 1.807) is 13.8 Å². The topological polar surface area (TPSA) is 82.0 Å². The Morgan fingerprint density at radius 2 is 1.79 bits per heavy atom. The second kappa shape index (κ2) is 5.28. The molecule has 0 fully saturated rings. The molecule has 7 heteroatoms. The van der Waals surface area contributed by atoms with Crippen molar-refractivity contribution in [3.63, 3.8) is 0 Å². The fraction of sp³-hybridized carbons (Fsp3) is 0.857. The summed E-state index contributed by atoms with van der Waals surface area (Å²) in [6.07, 6.45) is 0. The van der Waals surface area contributed by atoms with E-state index in [1.165, 1.54) is 11.4 Å². The maximum atomic E-state index is 11.6. The quantitative estimate of drug-likeness (QED) is 0.516. The van der Waals surface area contributed by atoms with Gasteiger partial charge in [0.15, 0.2) is 0 Å². The van der Waals surface area contributed by atoms with Gasteiger partial charge in [0.05, 0.1) is 13.0 Å². The van der Waals surface area contributed by atoms with E-state index in [1.807, 2.05) is 0 Å². The fourth-order valence-electron chi connectivity index (χ4n) is 1.08. The molecule has 1 unspecified atom stereocenters. The molecule has 1 atom stereocenters. The minimum atomic E-state index is -3.57. The molecular formula is C7H16N2O4S. The molecule has 0 saturated heterocycles. The number of rotatable bonds is 6. The first-order chi connectivity index (χ1) is 6.36. The number of carboxylic acids is 1. The Morgan fingerprint density at radius 3 is 2.07 bits per heavy atom. The average molecular weight is 224 g/mol. The molecule has 0 aliphatic heterocycles. The van der Waals surface area contributed by atoms with Crippen LogP contribution in [0.15, 0.2) is 0 Å². The molecule has 0 heterocycles. The number of carbonyl (C=O) groups is 1. The largest absolute Gasteiger partial charge is 0.544 e. The van der Waals surface area contributed by atoms with E-state index < -0.39 is 22.7 Å². The number of carbonyl (C=O) groups excluding carboxylic acids is 1. The second-order valence-corrected chi connectivity index (χ2v) is 5.00. The van der Waals surface area contributed by atoms with Gasteiger partial charge in [-0.15, -0.1) is 0 Å². The van der Waals surface area contributed by atoms with Crippen molar-refractivity contribution >= 4 is 16.2 Å². The Bertz CT molecular complexity index is 284. The number of nitrogens with one attached hydrogen (secondary N) is 1. The van der Waals surface area contributed by atoms with Crippen molar-refractivity contribution in [2.45, 2.75) is 13.8 Å². The Kier molecular flexibility index (Phi) is 5.03. The Labute approximate surface area is 84.3 Å². The number of likely N-dealkylation sites (N-methyl/N-ethyl adjacent to an activating group) is 1. The molecule has 0 aliphatic carbocycles. The number of quaternary nitrogens is 1. The van der Waals surface area contributed by atoms with Crippen molar-refractivity contribution in [2.75, 3.05) is 26.7 Å². The molecule has 0 aromatic rings. The van der Waals surface area contributed by atoms with Gasteiger partial charge in [0.1, 0.15) is 6.54 Å². The molecule has 14 heavy (non-hydrogen) atoms. The van der Waals surface area contributed by atoms with Crippen molar-refractivity contribution in [1.82, 2.24) is 4.31 Å². The summed E-state index contributed by atoms with van der Waals surface area (Å²) in [5.41, 5.74) is 0. The molecular weight excluding hydrogens is 208 g/mol. The first-order valence-corrected chi connectivity index (χ1v) is 5.82. The fourth-order valence-corrected chi connectivity index (χ4v) is 2.50. The number of hydrogen-bond acceptors (Lipinski definition) is 4. The first kappa shape index (κ1) is 13.3. The third-order valence-electron chi connectivity index (χ3n) is 1.88. The number of carboxylic acid groups (broad SMARTS) is 1. The Morgan fingerprint density at radius 1 is 1.36 bits per heavy atom. The molecule has 84 valence electrons. The summed E-state index contributed by atoms with van der Waals surface area (Å²) in [6, 6.07) is 0. The predicted molar refractivity (Wildman–Crippen MR) is 48.6 cm³/mol. The van der Waals surface area contributed by atoms with Crippen LogP contribution in [0, 0.1) is 0 Å². The number of aliphatic carboxylic acids is 1. The summed E-state index contributed by atoms with van der Waals surface area (Å²) < 4.78 is 24.4. The van der Waals surface area contributed by atoms with Gasteiger partial charge >= 0.3 is 10.2 Å². The van der Waals surface area contributed by atoms with Crippen molar-refractivity contribution < 1.29 is 22.6 Å². The monoisotopic (exact) mass is 224 g/mol. The standard InChI is InChI=1S/C7H16N2O4S/c1-4-9(5-2)14(12,13)8(3)6-7(10)11/h4-6H2,1-3H3,(H,10,11). The Hall–Kier alpha value is -0.660. The first-order valence-electron chi connectivity index (χ1n) is 4.38. The predicted octanol–water partition coefficient (Wildman–Crippen LogP) is -3.16. The van der Waals surface area contributed by atoms with Crippen molar-refractivity contribution in [3.8, 4) is 0 Å². The summed E-state index contributed by atoms with van der Waals surface area (Å²) >= 11 is 0. The lowest BCUT2D eigenvalue weighted by molar-refractivity contribution is -0.740. The van der Waals surface area contributed by atoms with E-state index in [0.29, 0.717) is 13.1 Å². The summed E-state index contributed by atoms with van der Waals surface area (Å²) in [4.78, 5) is 10.2. The zero-order chi connectivity index (χ0) is 11.4. The van der Waals surface area contributed by atoms with E-state index >= 15 is 0 Å². The van der Waals surface area contributed by atoms with E-state index in [0.717, 1.165) is 0 Å². The van der Waals surface area contributed by atoms with E-state index in [2.05, 4.69) is 0 Å². The van der Waals surface area contributed by atoms with E-state index in [-0.39, 0.29) is 4.31 Å². The van der Waals surface area contributed by atoms with Crippen LogP contribution >= 0.6 is 0 Å². The van der Waals surface area contributed by atoms with Crippen LogP contribution in [0.1, 0.15) is 13.8 Å². The maximum Gasteiger partial charge on any atom is 0.371 e. The molecule has 0 spiro atoms. The van der Waals surface area contributed by atoms with Crippen LogP contribution in [0.25, 0.3) is 0 Å². The summed E-state index contributed by atoms with van der Waals surface area (Å²) in [5.74, 6) is -1.38. The smallest absolute Gasteiger partial charge is 0.371 e. The summed E-state index contributed by atoms with van der Waals surface area (Å²) in [7, 11) is -2.27. The zero-order valence-electron chi connectivity index (χ0n) is 8.61. The van der Waals surface area contributed by atoms with Gasteiger partial charge in [-0.25, -0.2) is 4.31 Å². The maximum absolute atomic E-state index is 11.6. The van der Waals surface area contributed by atoms with Crippen molar-refractivity contribution in [1.29, 1.82) is 0 Å². The third kappa shape index (κ3) is 3.24. The average Bonchev–Trinajstić information content (AvgIpc) is 2.04. The number of nitrogens with zero attached hydrogens (tertiary/aromatic N) is 1. The molecule has 0 amide bonds. The lowest BCUT2D eigenvalue weighted by atomic mass is 10.7. The molecule has 0 bridgehead atoms. The summed E-state index contributed by atoms with van der Waals surface area (Å²) in [6.45, 7) is 3.53. The highest BCUT2D eigenvalue weighted by atomic mass is 32.2. The highest BCUT2D eigenvalue weighted by Gasteiger charge is 2.27. The van der Waals surface area contributed by atoms with Gasteiger partial charge in [0.2, 0.25) is 0 Å². The molecule has 6 nitrogen and oxygen atoms in total. The second-order valence-electron chi connectivity index (χ2n) is 2.84. The van der Waals surface area contributed by atoms with E-state index in [9.17, 15) is 18.3 Å². The van der Waals surface area contributed by atoms with Crippen LogP contribution in [0.3, 0.4) is 0 Å². The van der Waals surface area contributed by atoms with Gasteiger partial charge in [-0.1, -0.05) is 13.8 Å². The van der Waals surface area contributed by atoms with Gasteiger partial charge in [-0.3, -0.25) is 0 Å². The van der Waals surface area contributed by atoms with Crippen LogP contribution in [-0.2, 0) is 15.0 Å². The lowest BCUT2D eigenvalue weighted by Crippen LogP contribution is -3.13. The van der Waals surface area contributed by atoms with Gasteiger partial charge in [0, 0.05) is 13.1 Å². The van der Waals surface area contributed by atoms with Crippen LogP contribution < -0.4 is 9.41 Å². The van der Waals surface area contributed by atoms with E-state index in [4.69, 9.17) is 0 Å². The minimum Gasteiger partial charge on any atom is -0.544 e. The normalized spacial score (nSPS) is 14.3. The van der Waals surface area contributed by atoms with Crippen LogP contribution in [0.2, 0.25) is 0 Å². The molecule has 0 radical (unpaired) electrons. The van der Waals surface area contributed by atoms with Crippen LogP contribution in [-0.4, -0.2) is 45.4 Å².